The van der Waals surface area contributed by atoms with Crippen LogP contribution in [0.25, 0.3) is 0 Å². The van der Waals surface area contributed by atoms with Crippen molar-refractivity contribution in [3.63, 3.8) is 0 Å². The van der Waals surface area contributed by atoms with Gasteiger partial charge in [-0.3, -0.25) is 9.59 Å². The molecule has 2 rings (SSSR count). The molecular formula is C20H30N2O2. The van der Waals surface area contributed by atoms with Gasteiger partial charge in [-0.05, 0) is 64.0 Å². The van der Waals surface area contributed by atoms with Crippen molar-refractivity contribution in [3.8, 4) is 0 Å². The van der Waals surface area contributed by atoms with Crippen molar-refractivity contribution in [3.05, 3.63) is 29.3 Å². The first-order valence-corrected chi connectivity index (χ1v) is 9.12. The quantitative estimate of drug-likeness (QED) is 0.862. The lowest BCUT2D eigenvalue weighted by Crippen LogP contribution is -2.38. The predicted octanol–water partition coefficient (Wildman–Crippen LogP) is 3.83. The van der Waals surface area contributed by atoms with Gasteiger partial charge in [0.1, 0.15) is 0 Å². The predicted molar refractivity (Wildman–Crippen MR) is 97.9 cm³/mol. The van der Waals surface area contributed by atoms with Crippen molar-refractivity contribution in [1.82, 2.24) is 5.32 Å². The SMILES string of the molecule is CCc1cccc(C)c1NC(=O)C1CCC(C(=O)NC(C)C)CC1. The zero-order chi connectivity index (χ0) is 17.7. The van der Waals surface area contributed by atoms with Crippen LogP contribution in [0.4, 0.5) is 5.69 Å². The first-order chi connectivity index (χ1) is 11.4. The molecule has 2 N–H and O–H groups in total. The van der Waals surface area contributed by atoms with E-state index in [1.807, 2.05) is 32.9 Å². The Balaban J connectivity index is 1.93. The van der Waals surface area contributed by atoms with Gasteiger partial charge in [-0.25, -0.2) is 0 Å². The van der Waals surface area contributed by atoms with E-state index in [-0.39, 0.29) is 29.7 Å². The van der Waals surface area contributed by atoms with Gasteiger partial charge in [0, 0.05) is 23.6 Å². The zero-order valence-corrected chi connectivity index (χ0v) is 15.3. The number of carbonyl (C=O) groups excluding carboxylic acids is 2. The summed E-state index contributed by atoms with van der Waals surface area (Å²) in [7, 11) is 0. The van der Waals surface area contributed by atoms with Crippen LogP contribution in [0.5, 0.6) is 0 Å². The Labute approximate surface area is 145 Å². The molecule has 0 atom stereocenters. The van der Waals surface area contributed by atoms with Gasteiger partial charge in [-0.2, -0.15) is 0 Å². The van der Waals surface area contributed by atoms with E-state index < -0.39 is 0 Å². The van der Waals surface area contributed by atoms with E-state index in [1.54, 1.807) is 0 Å². The Hall–Kier alpha value is -1.84. The summed E-state index contributed by atoms with van der Waals surface area (Å²) in [6, 6.07) is 6.30. The van der Waals surface area contributed by atoms with E-state index >= 15 is 0 Å². The number of rotatable bonds is 5. The molecule has 0 saturated heterocycles. The number of carbonyl (C=O) groups is 2. The highest BCUT2D eigenvalue weighted by molar-refractivity contribution is 5.94. The number of anilines is 1. The van der Waals surface area contributed by atoms with Crippen molar-refractivity contribution in [1.29, 1.82) is 0 Å². The van der Waals surface area contributed by atoms with Crippen LogP contribution in [-0.4, -0.2) is 17.9 Å². The van der Waals surface area contributed by atoms with Gasteiger partial charge in [-0.15, -0.1) is 0 Å². The third-order valence-electron chi connectivity index (χ3n) is 4.89. The molecule has 1 aromatic carbocycles. The number of benzene rings is 1. The number of para-hydroxylation sites is 1. The van der Waals surface area contributed by atoms with Gasteiger partial charge >= 0.3 is 0 Å². The first kappa shape index (κ1) is 18.5. The number of aryl methyl sites for hydroxylation is 2. The fourth-order valence-electron chi connectivity index (χ4n) is 3.45. The molecule has 0 radical (unpaired) electrons. The Morgan fingerprint density at radius 3 is 2.21 bits per heavy atom. The number of amides is 2. The standard InChI is InChI=1S/C20H30N2O2/c1-5-15-8-6-7-14(4)18(15)22-20(24)17-11-9-16(10-12-17)19(23)21-13(2)3/h6-8,13,16-17H,5,9-12H2,1-4H3,(H,21,23)(H,22,24). The fraction of sp³-hybridized carbons (Fsp3) is 0.600. The molecular weight excluding hydrogens is 300 g/mol. The minimum Gasteiger partial charge on any atom is -0.354 e. The molecule has 4 nitrogen and oxygen atoms in total. The number of hydrogen-bond donors (Lipinski definition) is 2. The number of hydrogen-bond acceptors (Lipinski definition) is 2. The van der Waals surface area contributed by atoms with Crippen LogP contribution in [0.15, 0.2) is 18.2 Å². The van der Waals surface area contributed by atoms with E-state index in [4.69, 9.17) is 0 Å². The molecule has 2 amide bonds. The lowest BCUT2D eigenvalue weighted by Gasteiger charge is -2.28. The lowest BCUT2D eigenvalue weighted by atomic mass is 9.81. The summed E-state index contributed by atoms with van der Waals surface area (Å²) in [6.07, 6.45) is 4.07. The van der Waals surface area contributed by atoms with E-state index in [9.17, 15) is 9.59 Å². The third-order valence-corrected chi connectivity index (χ3v) is 4.89. The second-order valence-electron chi connectivity index (χ2n) is 7.16. The average molecular weight is 330 g/mol. The molecule has 0 aromatic heterocycles. The monoisotopic (exact) mass is 330 g/mol. The van der Waals surface area contributed by atoms with Crippen LogP contribution in [0.2, 0.25) is 0 Å². The van der Waals surface area contributed by atoms with E-state index in [2.05, 4.69) is 23.6 Å². The van der Waals surface area contributed by atoms with Crippen LogP contribution in [0.3, 0.4) is 0 Å². The smallest absolute Gasteiger partial charge is 0.227 e. The molecule has 4 heteroatoms. The lowest BCUT2D eigenvalue weighted by molar-refractivity contribution is -0.128. The molecule has 1 aliphatic carbocycles. The van der Waals surface area contributed by atoms with Gasteiger partial charge in [0.05, 0.1) is 0 Å². The molecule has 0 unspecified atom stereocenters. The summed E-state index contributed by atoms with van der Waals surface area (Å²) >= 11 is 0. The third kappa shape index (κ3) is 4.59. The normalized spacial score (nSPS) is 20.7. The maximum absolute atomic E-state index is 12.6. The topological polar surface area (TPSA) is 58.2 Å². The van der Waals surface area contributed by atoms with E-state index in [1.165, 1.54) is 5.56 Å². The molecule has 0 heterocycles. The highest BCUT2D eigenvalue weighted by Crippen LogP contribution is 2.31. The van der Waals surface area contributed by atoms with E-state index in [0.717, 1.165) is 43.4 Å². The van der Waals surface area contributed by atoms with Crippen molar-refractivity contribution in [2.75, 3.05) is 5.32 Å². The minimum atomic E-state index is 0.0115. The van der Waals surface area contributed by atoms with Crippen LogP contribution in [0, 0.1) is 18.8 Å². The highest BCUT2D eigenvalue weighted by Gasteiger charge is 2.30. The molecule has 0 spiro atoms. The van der Waals surface area contributed by atoms with Crippen molar-refractivity contribution in [2.45, 2.75) is 65.8 Å². The average Bonchev–Trinajstić information content (AvgIpc) is 2.56. The van der Waals surface area contributed by atoms with Gasteiger partial charge in [0.15, 0.2) is 0 Å². The fourth-order valence-corrected chi connectivity index (χ4v) is 3.45. The largest absolute Gasteiger partial charge is 0.354 e. The maximum Gasteiger partial charge on any atom is 0.227 e. The van der Waals surface area contributed by atoms with Gasteiger partial charge < -0.3 is 10.6 Å². The summed E-state index contributed by atoms with van der Waals surface area (Å²) in [5.41, 5.74) is 3.24. The van der Waals surface area contributed by atoms with Crippen molar-refractivity contribution in [2.24, 2.45) is 11.8 Å². The molecule has 0 aliphatic heterocycles. The van der Waals surface area contributed by atoms with Gasteiger partial charge in [0.2, 0.25) is 11.8 Å². The Morgan fingerprint density at radius 1 is 1.08 bits per heavy atom. The summed E-state index contributed by atoms with van der Waals surface area (Å²) in [4.78, 5) is 24.7. The van der Waals surface area contributed by atoms with Gasteiger partial charge in [0.25, 0.3) is 0 Å². The molecule has 1 aliphatic rings. The molecule has 1 saturated carbocycles. The van der Waals surface area contributed by atoms with Crippen LogP contribution in [0.1, 0.15) is 57.6 Å². The number of nitrogens with one attached hydrogen (secondary N) is 2. The van der Waals surface area contributed by atoms with Crippen molar-refractivity contribution < 1.29 is 9.59 Å². The molecule has 0 bridgehead atoms. The van der Waals surface area contributed by atoms with Crippen LogP contribution >= 0.6 is 0 Å². The molecule has 1 fully saturated rings. The molecule has 1 aromatic rings. The van der Waals surface area contributed by atoms with E-state index in [0.29, 0.717) is 0 Å². The zero-order valence-electron chi connectivity index (χ0n) is 15.3. The molecule has 132 valence electrons. The second-order valence-corrected chi connectivity index (χ2v) is 7.16. The maximum atomic E-state index is 12.6. The second kappa shape index (κ2) is 8.32. The Morgan fingerprint density at radius 2 is 1.67 bits per heavy atom. The molecule has 24 heavy (non-hydrogen) atoms. The minimum absolute atomic E-state index is 0.0115. The summed E-state index contributed by atoms with van der Waals surface area (Å²) in [5.74, 6) is 0.302. The summed E-state index contributed by atoms with van der Waals surface area (Å²) in [5, 5.41) is 6.12. The van der Waals surface area contributed by atoms with Crippen LogP contribution < -0.4 is 10.6 Å². The summed E-state index contributed by atoms with van der Waals surface area (Å²) in [6.45, 7) is 8.08. The Kier molecular flexibility index (Phi) is 6.41. The van der Waals surface area contributed by atoms with Crippen molar-refractivity contribution >= 4 is 17.5 Å². The Bertz CT molecular complexity index is 587. The first-order valence-electron chi connectivity index (χ1n) is 9.12. The van der Waals surface area contributed by atoms with Gasteiger partial charge in [-0.1, -0.05) is 25.1 Å². The highest BCUT2D eigenvalue weighted by atomic mass is 16.2. The summed E-state index contributed by atoms with van der Waals surface area (Å²) < 4.78 is 0. The van der Waals surface area contributed by atoms with Crippen LogP contribution in [-0.2, 0) is 16.0 Å².